The lowest BCUT2D eigenvalue weighted by Crippen LogP contribution is -2.37. The number of nitrogens with one attached hydrogen (secondary N) is 1. The van der Waals surface area contributed by atoms with Crippen LogP contribution in [0.4, 0.5) is 11.4 Å². The number of aryl methyl sites for hydroxylation is 1. The predicted molar refractivity (Wildman–Crippen MR) is 127 cm³/mol. The molecule has 0 atom stereocenters. The molecule has 0 bridgehead atoms. The van der Waals surface area contributed by atoms with Gasteiger partial charge in [-0.25, -0.2) is 0 Å². The lowest BCUT2D eigenvalue weighted by atomic mass is 9.95. The summed E-state index contributed by atoms with van der Waals surface area (Å²) in [6.07, 6.45) is 3.09. The second-order valence-corrected chi connectivity index (χ2v) is 9.63. The quantitative estimate of drug-likeness (QED) is 0.590. The summed E-state index contributed by atoms with van der Waals surface area (Å²) in [5, 5.41) is 9.12. The normalized spacial score (nSPS) is 17.6. The number of benzene rings is 1. The van der Waals surface area contributed by atoms with E-state index in [0.29, 0.717) is 24.7 Å². The number of likely N-dealkylation sites (tertiary alicyclic amines) is 1. The van der Waals surface area contributed by atoms with E-state index in [2.05, 4.69) is 20.4 Å². The molecule has 0 saturated carbocycles. The van der Waals surface area contributed by atoms with Gasteiger partial charge in [-0.05, 0) is 74.5 Å². The fraction of sp³-hybridized carbons (Fsp3) is 0.417. The van der Waals surface area contributed by atoms with Gasteiger partial charge in [0.25, 0.3) is 0 Å². The zero-order chi connectivity index (χ0) is 22.8. The number of hydrogen-bond acceptors (Lipinski definition) is 7. The third-order valence-corrected chi connectivity index (χ3v) is 7.22. The molecule has 2 aromatic heterocycles. The maximum atomic E-state index is 12.8. The van der Waals surface area contributed by atoms with Crippen LogP contribution in [-0.2, 0) is 16.1 Å². The summed E-state index contributed by atoms with van der Waals surface area (Å²) in [4.78, 5) is 34.4. The van der Waals surface area contributed by atoms with Crippen molar-refractivity contribution < 1.29 is 14.1 Å². The lowest BCUT2D eigenvalue weighted by Gasteiger charge is -2.30. The van der Waals surface area contributed by atoms with E-state index < -0.39 is 0 Å². The molecule has 8 nitrogen and oxygen atoms in total. The minimum Gasteiger partial charge on any atom is -0.338 e. The van der Waals surface area contributed by atoms with Crippen LogP contribution in [0.15, 0.2) is 40.2 Å². The molecule has 2 saturated heterocycles. The summed E-state index contributed by atoms with van der Waals surface area (Å²) in [5.74, 6) is 1.44. The first-order chi connectivity index (χ1) is 16.1. The van der Waals surface area contributed by atoms with Crippen LogP contribution in [-0.4, -0.2) is 46.5 Å². The van der Waals surface area contributed by atoms with Gasteiger partial charge in [-0.3, -0.25) is 14.5 Å². The summed E-state index contributed by atoms with van der Waals surface area (Å²) in [6, 6.07) is 9.72. The fourth-order valence-electron chi connectivity index (χ4n) is 4.55. The van der Waals surface area contributed by atoms with Crippen molar-refractivity contribution in [3.05, 3.63) is 47.2 Å². The second kappa shape index (κ2) is 9.44. The molecule has 0 spiro atoms. The van der Waals surface area contributed by atoms with E-state index in [9.17, 15) is 9.59 Å². The third-order valence-electron chi connectivity index (χ3n) is 6.36. The first kappa shape index (κ1) is 21.8. The molecule has 4 heterocycles. The van der Waals surface area contributed by atoms with Crippen LogP contribution in [0.1, 0.15) is 37.1 Å². The molecule has 9 heteroatoms. The molecule has 2 amide bonds. The Balaban J connectivity index is 1.13. The van der Waals surface area contributed by atoms with Gasteiger partial charge in [-0.15, -0.1) is 11.3 Å². The second-order valence-electron chi connectivity index (χ2n) is 8.68. The predicted octanol–water partition coefficient (Wildman–Crippen LogP) is 4.08. The molecule has 3 aromatic rings. The van der Waals surface area contributed by atoms with Crippen molar-refractivity contribution in [2.45, 2.75) is 39.2 Å². The maximum absolute atomic E-state index is 12.8. The number of carbonyl (C=O) groups excluding carboxylic acids is 2. The number of piperidine rings is 1. The number of carbonyl (C=O) groups is 2. The molecule has 2 fully saturated rings. The highest BCUT2D eigenvalue weighted by molar-refractivity contribution is 7.13. The molecule has 0 unspecified atom stereocenters. The SMILES string of the molecule is Cc1cc(NC(=O)C2CCN(Cc3nc(-c4cccs4)no3)CC2)ccc1N1CCCC1=O. The number of amides is 2. The molecule has 5 rings (SSSR count). The van der Waals surface area contributed by atoms with E-state index in [1.165, 1.54) is 0 Å². The number of nitrogens with zero attached hydrogens (tertiary/aromatic N) is 4. The summed E-state index contributed by atoms with van der Waals surface area (Å²) in [7, 11) is 0. The van der Waals surface area contributed by atoms with E-state index >= 15 is 0 Å². The molecule has 1 N–H and O–H groups in total. The summed E-state index contributed by atoms with van der Waals surface area (Å²) < 4.78 is 5.41. The Bertz CT molecular complexity index is 1130. The standard InChI is InChI=1S/C24H27N5O3S/c1-16-14-18(6-7-19(16)29-10-2-5-22(29)30)25-24(31)17-8-11-28(12-9-17)15-21-26-23(27-32-21)20-4-3-13-33-20/h3-4,6-7,13-14,17H,2,5,8-12,15H2,1H3,(H,25,31). The topological polar surface area (TPSA) is 91.6 Å². The Morgan fingerprint density at radius 1 is 1.24 bits per heavy atom. The van der Waals surface area contributed by atoms with Gasteiger partial charge in [0.05, 0.1) is 11.4 Å². The number of aromatic nitrogens is 2. The minimum atomic E-state index is -0.0224. The average Bonchev–Trinajstić information content (AvgIpc) is 3.57. The van der Waals surface area contributed by atoms with Crippen LogP contribution in [0.25, 0.3) is 10.7 Å². The van der Waals surface area contributed by atoms with Gasteiger partial charge in [-0.2, -0.15) is 4.98 Å². The van der Waals surface area contributed by atoms with E-state index in [4.69, 9.17) is 4.52 Å². The molecule has 2 aliphatic heterocycles. The van der Waals surface area contributed by atoms with Gasteiger partial charge in [0.2, 0.25) is 23.5 Å². The smallest absolute Gasteiger partial charge is 0.241 e. The van der Waals surface area contributed by atoms with Crippen LogP contribution in [0.5, 0.6) is 0 Å². The number of anilines is 2. The highest BCUT2D eigenvalue weighted by atomic mass is 32.1. The van der Waals surface area contributed by atoms with Crippen LogP contribution >= 0.6 is 11.3 Å². The lowest BCUT2D eigenvalue weighted by molar-refractivity contribution is -0.121. The molecule has 0 radical (unpaired) electrons. The number of rotatable bonds is 6. The molecule has 1 aromatic carbocycles. The Kier molecular flexibility index (Phi) is 6.24. The first-order valence-electron chi connectivity index (χ1n) is 11.4. The Hall–Kier alpha value is -3.04. The third kappa shape index (κ3) is 4.84. The van der Waals surface area contributed by atoms with Gasteiger partial charge >= 0.3 is 0 Å². The molecule has 33 heavy (non-hydrogen) atoms. The molecular formula is C24H27N5O3S. The van der Waals surface area contributed by atoms with Crippen molar-refractivity contribution in [1.29, 1.82) is 0 Å². The van der Waals surface area contributed by atoms with Crippen molar-refractivity contribution in [3.63, 3.8) is 0 Å². The van der Waals surface area contributed by atoms with Crippen LogP contribution in [0, 0.1) is 12.8 Å². The van der Waals surface area contributed by atoms with Crippen LogP contribution in [0.2, 0.25) is 0 Å². The van der Waals surface area contributed by atoms with Crippen molar-refractivity contribution in [2.24, 2.45) is 5.92 Å². The molecule has 2 aliphatic rings. The van der Waals surface area contributed by atoms with Crippen molar-refractivity contribution in [3.8, 4) is 10.7 Å². The number of hydrogen-bond donors (Lipinski definition) is 1. The van der Waals surface area contributed by atoms with Gasteiger partial charge in [0.1, 0.15) is 0 Å². The summed E-state index contributed by atoms with van der Waals surface area (Å²) >= 11 is 1.59. The van der Waals surface area contributed by atoms with E-state index in [0.717, 1.165) is 60.7 Å². The largest absolute Gasteiger partial charge is 0.338 e. The van der Waals surface area contributed by atoms with Gasteiger partial charge < -0.3 is 14.7 Å². The zero-order valence-electron chi connectivity index (χ0n) is 18.6. The monoisotopic (exact) mass is 465 g/mol. The fourth-order valence-corrected chi connectivity index (χ4v) is 5.20. The van der Waals surface area contributed by atoms with E-state index in [-0.39, 0.29) is 17.7 Å². The summed E-state index contributed by atoms with van der Waals surface area (Å²) in [5.41, 5.74) is 2.72. The Labute approximate surface area is 196 Å². The average molecular weight is 466 g/mol. The van der Waals surface area contributed by atoms with Crippen LogP contribution in [0.3, 0.4) is 0 Å². The Morgan fingerprint density at radius 2 is 2.09 bits per heavy atom. The van der Waals surface area contributed by atoms with Gasteiger partial charge in [-0.1, -0.05) is 11.2 Å². The Morgan fingerprint density at radius 3 is 2.79 bits per heavy atom. The first-order valence-corrected chi connectivity index (χ1v) is 12.3. The minimum absolute atomic E-state index is 0.0224. The zero-order valence-corrected chi connectivity index (χ0v) is 19.4. The maximum Gasteiger partial charge on any atom is 0.241 e. The van der Waals surface area contributed by atoms with Gasteiger partial charge in [0, 0.05) is 30.3 Å². The van der Waals surface area contributed by atoms with Crippen molar-refractivity contribution in [2.75, 3.05) is 29.9 Å². The molecule has 0 aliphatic carbocycles. The number of thiophene rings is 1. The summed E-state index contributed by atoms with van der Waals surface area (Å²) in [6.45, 7) is 4.97. The van der Waals surface area contributed by atoms with E-state index in [1.54, 1.807) is 11.3 Å². The molecular weight excluding hydrogens is 438 g/mol. The highest BCUT2D eigenvalue weighted by Gasteiger charge is 2.27. The molecule has 172 valence electrons. The van der Waals surface area contributed by atoms with E-state index in [1.807, 2.05) is 47.5 Å². The van der Waals surface area contributed by atoms with Gasteiger partial charge in [0.15, 0.2) is 0 Å². The highest BCUT2D eigenvalue weighted by Crippen LogP contribution is 2.28. The van der Waals surface area contributed by atoms with Crippen molar-refractivity contribution >= 4 is 34.5 Å². The van der Waals surface area contributed by atoms with Crippen molar-refractivity contribution in [1.82, 2.24) is 15.0 Å². The van der Waals surface area contributed by atoms with Crippen LogP contribution < -0.4 is 10.2 Å².